The molecule has 1 aliphatic heterocycles. The molecule has 4 nitrogen and oxygen atoms in total. The second-order valence-electron chi connectivity index (χ2n) is 5.29. The van der Waals surface area contributed by atoms with Crippen molar-refractivity contribution in [2.75, 3.05) is 20.2 Å². The van der Waals surface area contributed by atoms with Gasteiger partial charge in [0.1, 0.15) is 5.75 Å². The van der Waals surface area contributed by atoms with E-state index in [1.54, 1.807) is 25.3 Å². The van der Waals surface area contributed by atoms with E-state index in [0.717, 1.165) is 36.9 Å². The molecule has 1 aromatic carbocycles. The highest BCUT2D eigenvalue weighted by Crippen LogP contribution is 2.24. The second-order valence-corrected chi connectivity index (χ2v) is 5.29. The summed E-state index contributed by atoms with van der Waals surface area (Å²) in [5.74, 6) is 0.670. The van der Waals surface area contributed by atoms with Crippen molar-refractivity contribution in [2.24, 2.45) is 5.92 Å². The molecule has 0 aromatic heterocycles. The SMILES string of the molecule is COc1ccc(C(=O)O)cc1CN1CCC(C)CC1. The normalized spacial score (nSPS) is 17.4. The Morgan fingerprint density at radius 2 is 2.11 bits per heavy atom. The van der Waals surface area contributed by atoms with Crippen LogP contribution in [0.4, 0.5) is 0 Å². The molecule has 1 N–H and O–H groups in total. The maximum absolute atomic E-state index is 11.0. The van der Waals surface area contributed by atoms with Gasteiger partial charge in [-0.15, -0.1) is 0 Å². The molecular weight excluding hydrogens is 242 g/mol. The van der Waals surface area contributed by atoms with E-state index < -0.39 is 5.97 Å². The fourth-order valence-electron chi connectivity index (χ4n) is 2.50. The molecule has 0 bridgehead atoms. The Bertz CT molecular complexity index is 451. The maximum atomic E-state index is 11.0. The number of nitrogens with zero attached hydrogens (tertiary/aromatic N) is 1. The van der Waals surface area contributed by atoms with Crippen LogP contribution in [0.5, 0.6) is 5.75 Å². The van der Waals surface area contributed by atoms with E-state index in [9.17, 15) is 4.79 Å². The number of aromatic carboxylic acids is 1. The largest absolute Gasteiger partial charge is 0.496 e. The Kier molecular flexibility index (Phi) is 4.43. The molecule has 1 fully saturated rings. The van der Waals surface area contributed by atoms with Crippen molar-refractivity contribution in [1.29, 1.82) is 0 Å². The standard InChI is InChI=1S/C15H21NO3/c1-11-5-7-16(8-6-11)10-13-9-12(15(17)18)3-4-14(13)19-2/h3-4,9,11H,5-8,10H2,1-2H3,(H,17,18). The van der Waals surface area contributed by atoms with Crippen molar-refractivity contribution in [3.63, 3.8) is 0 Å². The van der Waals surface area contributed by atoms with Crippen LogP contribution in [-0.4, -0.2) is 36.2 Å². The minimum Gasteiger partial charge on any atom is -0.496 e. The van der Waals surface area contributed by atoms with Crippen LogP contribution < -0.4 is 4.74 Å². The maximum Gasteiger partial charge on any atom is 0.335 e. The number of ether oxygens (including phenoxy) is 1. The van der Waals surface area contributed by atoms with Gasteiger partial charge in [-0.1, -0.05) is 6.92 Å². The smallest absolute Gasteiger partial charge is 0.335 e. The third kappa shape index (κ3) is 3.47. The number of carbonyl (C=O) groups is 1. The van der Waals surface area contributed by atoms with E-state index in [4.69, 9.17) is 9.84 Å². The summed E-state index contributed by atoms with van der Waals surface area (Å²) >= 11 is 0. The number of hydrogen-bond donors (Lipinski definition) is 1. The van der Waals surface area contributed by atoms with Gasteiger partial charge in [0, 0.05) is 12.1 Å². The van der Waals surface area contributed by atoms with Crippen LogP contribution in [0.15, 0.2) is 18.2 Å². The molecule has 4 heteroatoms. The number of piperidine rings is 1. The van der Waals surface area contributed by atoms with Crippen LogP contribution in [0.25, 0.3) is 0 Å². The average Bonchev–Trinajstić information content (AvgIpc) is 2.41. The zero-order valence-electron chi connectivity index (χ0n) is 11.6. The summed E-state index contributed by atoms with van der Waals surface area (Å²) in [5.41, 5.74) is 1.28. The minimum atomic E-state index is -0.892. The Morgan fingerprint density at radius 1 is 1.42 bits per heavy atom. The highest BCUT2D eigenvalue weighted by Gasteiger charge is 2.18. The van der Waals surface area contributed by atoms with E-state index in [2.05, 4.69) is 11.8 Å². The number of benzene rings is 1. The lowest BCUT2D eigenvalue weighted by molar-refractivity contribution is 0.0696. The van der Waals surface area contributed by atoms with Gasteiger partial charge in [-0.05, 0) is 50.0 Å². The van der Waals surface area contributed by atoms with Crippen molar-refractivity contribution < 1.29 is 14.6 Å². The molecule has 1 aromatic rings. The zero-order chi connectivity index (χ0) is 13.8. The number of likely N-dealkylation sites (tertiary alicyclic amines) is 1. The lowest BCUT2D eigenvalue weighted by Crippen LogP contribution is -2.32. The van der Waals surface area contributed by atoms with Gasteiger partial charge in [0.2, 0.25) is 0 Å². The number of rotatable bonds is 4. The summed E-state index contributed by atoms with van der Waals surface area (Å²) in [6.07, 6.45) is 2.42. The predicted octanol–water partition coefficient (Wildman–Crippen LogP) is 2.63. The molecule has 104 valence electrons. The van der Waals surface area contributed by atoms with Gasteiger partial charge >= 0.3 is 5.97 Å². The van der Waals surface area contributed by atoms with Gasteiger partial charge in [0.25, 0.3) is 0 Å². The molecule has 19 heavy (non-hydrogen) atoms. The third-order valence-electron chi connectivity index (χ3n) is 3.80. The summed E-state index contributed by atoms with van der Waals surface area (Å²) in [6.45, 7) is 5.18. The van der Waals surface area contributed by atoms with E-state index in [1.807, 2.05) is 0 Å². The second kappa shape index (κ2) is 6.06. The monoisotopic (exact) mass is 263 g/mol. The molecule has 0 aliphatic carbocycles. The quantitative estimate of drug-likeness (QED) is 0.907. The Labute approximate surface area is 114 Å². The van der Waals surface area contributed by atoms with Crippen LogP contribution in [-0.2, 0) is 6.54 Å². The molecule has 1 saturated heterocycles. The molecule has 0 spiro atoms. The molecule has 2 rings (SSSR count). The van der Waals surface area contributed by atoms with Crippen molar-refractivity contribution >= 4 is 5.97 Å². The molecule has 0 radical (unpaired) electrons. The minimum absolute atomic E-state index is 0.321. The van der Waals surface area contributed by atoms with Gasteiger partial charge < -0.3 is 9.84 Å². The fourth-order valence-corrected chi connectivity index (χ4v) is 2.50. The Hall–Kier alpha value is -1.55. The van der Waals surface area contributed by atoms with E-state index in [1.165, 1.54) is 12.8 Å². The van der Waals surface area contributed by atoms with Crippen LogP contribution >= 0.6 is 0 Å². The topological polar surface area (TPSA) is 49.8 Å². The third-order valence-corrected chi connectivity index (χ3v) is 3.80. The summed E-state index contributed by atoms with van der Waals surface area (Å²) in [7, 11) is 1.62. The van der Waals surface area contributed by atoms with Gasteiger partial charge in [-0.25, -0.2) is 4.79 Å². The van der Waals surface area contributed by atoms with E-state index in [-0.39, 0.29) is 0 Å². The zero-order valence-corrected chi connectivity index (χ0v) is 11.6. The van der Waals surface area contributed by atoms with Crippen LogP contribution in [0.3, 0.4) is 0 Å². The van der Waals surface area contributed by atoms with Gasteiger partial charge in [0.05, 0.1) is 12.7 Å². The lowest BCUT2D eigenvalue weighted by Gasteiger charge is -2.30. The van der Waals surface area contributed by atoms with Crippen molar-refractivity contribution in [1.82, 2.24) is 4.90 Å². The van der Waals surface area contributed by atoms with Gasteiger partial charge in [-0.2, -0.15) is 0 Å². The molecule has 0 amide bonds. The predicted molar refractivity (Wildman–Crippen MR) is 73.6 cm³/mol. The number of methoxy groups -OCH3 is 1. The number of carboxylic acids is 1. The molecule has 0 saturated carbocycles. The average molecular weight is 263 g/mol. The summed E-state index contributed by atoms with van der Waals surface area (Å²) < 4.78 is 5.32. The van der Waals surface area contributed by atoms with Crippen molar-refractivity contribution in [2.45, 2.75) is 26.3 Å². The summed E-state index contributed by atoms with van der Waals surface area (Å²) in [4.78, 5) is 13.4. The first-order valence-electron chi connectivity index (χ1n) is 6.72. The highest BCUT2D eigenvalue weighted by molar-refractivity contribution is 5.88. The number of hydrogen-bond acceptors (Lipinski definition) is 3. The van der Waals surface area contributed by atoms with Gasteiger partial charge in [-0.3, -0.25) is 4.90 Å². The number of carboxylic acid groups (broad SMARTS) is 1. The highest BCUT2D eigenvalue weighted by atomic mass is 16.5. The molecule has 1 heterocycles. The molecule has 1 aliphatic rings. The molecule has 0 unspecified atom stereocenters. The van der Waals surface area contributed by atoms with Crippen LogP contribution in [0.2, 0.25) is 0 Å². The first-order chi connectivity index (χ1) is 9.10. The van der Waals surface area contributed by atoms with E-state index in [0.29, 0.717) is 5.56 Å². The first kappa shape index (κ1) is 13.9. The van der Waals surface area contributed by atoms with Crippen LogP contribution in [0, 0.1) is 5.92 Å². The Morgan fingerprint density at radius 3 is 2.68 bits per heavy atom. The van der Waals surface area contributed by atoms with Crippen molar-refractivity contribution in [3.05, 3.63) is 29.3 Å². The Balaban J connectivity index is 2.13. The summed E-state index contributed by atoms with van der Waals surface area (Å²) in [5, 5.41) is 9.06. The molecular formula is C15H21NO3. The summed E-state index contributed by atoms with van der Waals surface area (Å²) in [6, 6.07) is 5.05. The van der Waals surface area contributed by atoms with Gasteiger partial charge in [0.15, 0.2) is 0 Å². The van der Waals surface area contributed by atoms with Crippen LogP contribution in [0.1, 0.15) is 35.7 Å². The van der Waals surface area contributed by atoms with E-state index >= 15 is 0 Å². The fraction of sp³-hybridized carbons (Fsp3) is 0.533. The molecule has 0 atom stereocenters. The first-order valence-corrected chi connectivity index (χ1v) is 6.72. The lowest BCUT2D eigenvalue weighted by atomic mass is 9.98. The van der Waals surface area contributed by atoms with Crippen molar-refractivity contribution in [3.8, 4) is 5.75 Å².